The molecule has 0 N–H and O–H groups in total. The van der Waals surface area contributed by atoms with E-state index in [2.05, 4.69) is 19.6 Å². The van der Waals surface area contributed by atoms with Gasteiger partial charge in [0.05, 0.1) is 0 Å². The van der Waals surface area contributed by atoms with Gasteiger partial charge in [0.15, 0.2) is 0 Å². The van der Waals surface area contributed by atoms with Crippen LogP contribution in [0.5, 0.6) is 0 Å². The average molecular weight is 281 g/mol. The van der Waals surface area contributed by atoms with Gasteiger partial charge < -0.3 is 4.90 Å². The van der Waals surface area contributed by atoms with E-state index in [4.69, 9.17) is 0 Å². The Hall–Kier alpha value is -1.03. The Kier molecular flexibility index (Phi) is 4.86. The zero-order valence-electron chi connectivity index (χ0n) is 11.2. The lowest BCUT2D eigenvalue weighted by Gasteiger charge is -2.30. The van der Waals surface area contributed by atoms with E-state index < -0.39 is 0 Å². The van der Waals surface area contributed by atoms with Crippen molar-refractivity contribution < 1.29 is 9.18 Å². The van der Waals surface area contributed by atoms with Crippen LogP contribution in [0.4, 0.5) is 10.1 Å². The van der Waals surface area contributed by atoms with Gasteiger partial charge in [0.2, 0.25) is 5.91 Å². The van der Waals surface area contributed by atoms with Gasteiger partial charge >= 0.3 is 0 Å². The molecule has 0 aromatic heterocycles. The fraction of sp³-hybridized carbons (Fsp3) is 0.533. The number of fused-ring (bicyclic) bond motifs is 1. The van der Waals surface area contributed by atoms with E-state index >= 15 is 0 Å². The van der Waals surface area contributed by atoms with Crippen molar-refractivity contribution in [1.82, 2.24) is 0 Å². The van der Waals surface area contributed by atoms with Crippen LogP contribution in [0.25, 0.3) is 0 Å². The summed E-state index contributed by atoms with van der Waals surface area (Å²) in [5, 5.41) is 0. The van der Waals surface area contributed by atoms with Crippen molar-refractivity contribution in [3.8, 4) is 0 Å². The first-order chi connectivity index (χ1) is 9.11. The maximum atomic E-state index is 13.4. The minimum atomic E-state index is -0.276. The fourth-order valence-corrected chi connectivity index (χ4v) is 2.91. The first-order valence-electron chi connectivity index (χ1n) is 6.81. The Labute approximate surface area is 119 Å². The van der Waals surface area contributed by atoms with Gasteiger partial charge in [-0.15, -0.1) is 0 Å². The summed E-state index contributed by atoms with van der Waals surface area (Å²) in [6.45, 7) is 2.83. The maximum Gasteiger partial charge on any atom is 0.227 e. The van der Waals surface area contributed by atoms with Gasteiger partial charge in [0.25, 0.3) is 0 Å². The highest BCUT2D eigenvalue weighted by Crippen LogP contribution is 2.29. The van der Waals surface area contributed by atoms with Crippen LogP contribution in [0.2, 0.25) is 0 Å². The third-order valence-electron chi connectivity index (χ3n) is 3.71. The number of hydrogen-bond donors (Lipinski definition) is 1. The topological polar surface area (TPSA) is 20.3 Å². The minimum Gasteiger partial charge on any atom is -0.312 e. The highest BCUT2D eigenvalue weighted by atomic mass is 32.1. The highest BCUT2D eigenvalue weighted by Gasteiger charge is 2.24. The molecule has 4 heteroatoms. The molecule has 1 atom stereocenters. The molecule has 0 radical (unpaired) electrons. The van der Waals surface area contributed by atoms with E-state index in [1.54, 1.807) is 11.0 Å². The molecule has 19 heavy (non-hydrogen) atoms. The van der Waals surface area contributed by atoms with Crippen molar-refractivity contribution in [3.63, 3.8) is 0 Å². The molecule has 1 heterocycles. The zero-order chi connectivity index (χ0) is 13.8. The molecule has 1 aliphatic heterocycles. The number of thiol groups is 1. The number of anilines is 1. The van der Waals surface area contributed by atoms with Crippen LogP contribution in [-0.4, -0.2) is 18.2 Å². The molecule has 1 aromatic carbocycles. The summed E-state index contributed by atoms with van der Waals surface area (Å²) in [7, 11) is 0. The van der Waals surface area contributed by atoms with E-state index in [1.807, 2.05) is 0 Å². The number of carbonyl (C=O) groups is 1. The molecule has 1 unspecified atom stereocenters. The number of hydrogen-bond acceptors (Lipinski definition) is 2. The maximum absolute atomic E-state index is 13.4. The summed E-state index contributed by atoms with van der Waals surface area (Å²) in [5.74, 6) is 1.22. The molecule has 0 saturated heterocycles. The zero-order valence-corrected chi connectivity index (χ0v) is 12.1. The summed E-state index contributed by atoms with van der Waals surface area (Å²) in [6.07, 6.45) is 3.22. The molecule has 0 spiro atoms. The monoisotopic (exact) mass is 281 g/mol. The second kappa shape index (κ2) is 6.42. The van der Waals surface area contributed by atoms with E-state index in [-0.39, 0.29) is 11.7 Å². The standard InChI is InChI=1S/C15H20FNOS/c1-11(7-9-19)6-8-17-14-10-13(16)4-2-12(14)3-5-15(17)18/h2,4,10-11,19H,3,5-9H2,1H3. The Morgan fingerprint density at radius 3 is 2.89 bits per heavy atom. The number of aryl methyl sites for hydroxylation is 1. The summed E-state index contributed by atoms with van der Waals surface area (Å²) in [6, 6.07) is 4.74. The van der Waals surface area contributed by atoms with Crippen molar-refractivity contribution in [2.45, 2.75) is 32.6 Å². The molecule has 0 bridgehead atoms. The van der Waals surface area contributed by atoms with Crippen molar-refractivity contribution in [2.75, 3.05) is 17.2 Å². The Morgan fingerprint density at radius 1 is 1.37 bits per heavy atom. The van der Waals surface area contributed by atoms with Crippen molar-refractivity contribution in [3.05, 3.63) is 29.6 Å². The van der Waals surface area contributed by atoms with Crippen LogP contribution in [-0.2, 0) is 11.2 Å². The number of carbonyl (C=O) groups excluding carboxylic acids is 1. The Morgan fingerprint density at radius 2 is 2.16 bits per heavy atom. The lowest BCUT2D eigenvalue weighted by Crippen LogP contribution is -2.36. The van der Waals surface area contributed by atoms with Crippen LogP contribution >= 0.6 is 12.6 Å². The van der Waals surface area contributed by atoms with Crippen LogP contribution < -0.4 is 4.90 Å². The lowest BCUT2D eigenvalue weighted by molar-refractivity contribution is -0.118. The van der Waals surface area contributed by atoms with Crippen molar-refractivity contribution in [2.24, 2.45) is 5.92 Å². The van der Waals surface area contributed by atoms with Crippen LogP contribution in [0.3, 0.4) is 0 Å². The van der Waals surface area contributed by atoms with Crippen molar-refractivity contribution in [1.29, 1.82) is 0 Å². The highest BCUT2D eigenvalue weighted by molar-refractivity contribution is 7.80. The van der Waals surface area contributed by atoms with E-state index in [0.29, 0.717) is 18.9 Å². The first kappa shape index (κ1) is 14.4. The largest absolute Gasteiger partial charge is 0.312 e. The summed E-state index contributed by atoms with van der Waals surface area (Å²) in [4.78, 5) is 13.8. The Balaban J connectivity index is 2.11. The van der Waals surface area contributed by atoms with Gasteiger partial charge in [-0.2, -0.15) is 12.6 Å². The molecule has 1 amide bonds. The van der Waals surface area contributed by atoms with Gasteiger partial charge in [-0.1, -0.05) is 13.0 Å². The van der Waals surface area contributed by atoms with Gasteiger partial charge in [-0.25, -0.2) is 4.39 Å². The van der Waals surface area contributed by atoms with Crippen LogP contribution in [0.15, 0.2) is 18.2 Å². The number of benzene rings is 1. The summed E-state index contributed by atoms with van der Waals surface area (Å²) >= 11 is 4.23. The molecule has 104 valence electrons. The second-order valence-electron chi connectivity index (χ2n) is 5.22. The second-order valence-corrected chi connectivity index (χ2v) is 5.67. The SMILES string of the molecule is CC(CCS)CCN1C(=O)CCc2ccc(F)cc21. The van der Waals surface area contributed by atoms with E-state index in [9.17, 15) is 9.18 Å². The quantitative estimate of drug-likeness (QED) is 0.820. The molecule has 0 fully saturated rings. The number of nitrogens with zero attached hydrogens (tertiary/aromatic N) is 1. The molecule has 1 aromatic rings. The molecular weight excluding hydrogens is 261 g/mol. The molecular formula is C15H20FNOS. The third kappa shape index (κ3) is 3.50. The number of amides is 1. The van der Waals surface area contributed by atoms with Gasteiger partial charge in [0, 0.05) is 18.7 Å². The van der Waals surface area contributed by atoms with Crippen LogP contribution in [0, 0.1) is 11.7 Å². The van der Waals surface area contributed by atoms with Gasteiger partial charge in [-0.3, -0.25) is 4.79 Å². The molecule has 2 rings (SSSR count). The summed E-state index contributed by atoms with van der Waals surface area (Å²) < 4.78 is 13.4. The predicted molar refractivity (Wildman–Crippen MR) is 79.3 cm³/mol. The molecule has 2 nitrogen and oxygen atoms in total. The van der Waals surface area contributed by atoms with Crippen LogP contribution in [0.1, 0.15) is 31.7 Å². The third-order valence-corrected chi connectivity index (χ3v) is 3.97. The van der Waals surface area contributed by atoms with Gasteiger partial charge in [0.1, 0.15) is 5.82 Å². The van der Waals surface area contributed by atoms with Gasteiger partial charge in [-0.05, 0) is 48.6 Å². The van der Waals surface area contributed by atoms with Crippen molar-refractivity contribution >= 4 is 24.2 Å². The lowest BCUT2D eigenvalue weighted by atomic mass is 9.99. The molecule has 0 aliphatic carbocycles. The first-order valence-corrected chi connectivity index (χ1v) is 7.44. The predicted octanol–water partition coefficient (Wildman–Crippen LogP) is 3.45. The Bertz CT molecular complexity index is 463. The average Bonchev–Trinajstić information content (AvgIpc) is 2.38. The summed E-state index contributed by atoms with van der Waals surface area (Å²) in [5.41, 5.74) is 1.83. The number of rotatable bonds is 5. The fourth-order valence-electron chi connectivity index (χ4n) is 2.47. The molecule has 1 aliphatic rings. The molecule has 0 saturated carbocycles. The smallest absolute Gasteiger partial charge is 0.227 e. The minimum absolute atomic E-state index is 0.108. The van der Waals surface area contributed by atoms with E-state index in [0.717, 1.165) is 36.3 Å². The normalized spacial score (nSPS) is 16.4. The number of halogens is 1. The van der Waals surface area contributed by atoms with E-state index in [1.165, 1.54) is 12.1 Å².